The minimum absolute atomic E-state index is 0.0622. The molecule has 6 nitrogen and oxygen atoms in total. The normalized spacial score (nSPS) is 12.1. The highest BCUT2D eigenvalue weighted by Crippen LogP contribution is 2.34. The molecular formula is C23H23N5OS. The molecule has 4 rings (SSSR count). The summed E-state index contributed by atoms with van der Waals surface area (Å²) >= 11 is 1.39. The number of fused-ring (bicyclic) bond motifs is 1. The van der Waals surface area contributed by atoms with Gasteiger partial charge in [-0.3, -0.25) is 9.36 Å². The number of hydrogen-bond donors (Lipinski definition) is 2. The van der Waals surface area contributed by atoms with Crippen LogP contribution in [0.5, 0.6) is 0 Å². The van der Waals surface area contributed by atoms with E-state index in [-0.39, 0.29) is 11.2 Å². The summed E-state index contributed by atoms with van der Waals surface area (Å²) in [6.07, 6.45) is 3.62. The van der Waals surface area contributed by atoms with Crippen LogP contribution in [0.25, 0.3) is 28.0 Å². The molecule has 152 valence electrons. The van der Waals surface area contributed by atoms with Crippen molar-refractivity contribution in [3.8, 4) is 17.1 Å². The summed E-state index contributed by atoms with van der Waals surface area (Å²) < 4.78 is 2.03. The molecule has 2 aromatic heterocycles. The zero-order valence-electron chi connectivity index (χ0n) is 16.9. The standard InChI is InChI=1S/C23H23N5OS/c1-4-13-24-22(29)16(3)30-23-27-26-21(28(23)20-12-8-5-9-15(20)2)18-14-25-19-11-7-6-10-17(18)19/h4-12,14,16,25H,1,13H2,2-3H3,(H,24,29)/t16-/m0/s1. The molecule has 0 aliphatic rings. The van der Waals surface area contributed by atoms with Crippen LogP contribution in [-0.4, -0.2) is 37.5 Å². The van der Waals surface area contributed by atoms with Gasteiger partial charge in [0.15, 0.2) is 11.0 Å². The molecule has 0 aliphatic heterocycles. The van der Waals surface area contributed by atoms with Crippen molar-refractivity contribution in [3.05, 3.63) is 72.9 Å². The van der Waals surface area contributed by atoms with Crippen LogP contribution in [-0.2, 0) is 4.79 Å². The van der Waals surface area contributed by atoms with Crippen molar-refractivity contribution in [2.24, 2.45) is 0 Å². The molecule has 4 aromatic rings. The summed E-state index contributed by atoms with van der Waals surface area (Å²) in [5, 5.41) is 13.3. The lowest BCUT2D eigenvalue weighted by atomic mass is 10.1. The van der Waals surface area contributed by atoms with Gasteiger partial charge in [-0.15, -0.1) is 16.8 Å². The Morgan fingerprint density at radius 3 is 2.80 bits per heavy atom. The summed E-state index contributed by atoms with van der Waals surface area (Å²) in [7, 11) is 0. The van der Waals surface area contributed by atoms with E-state index in [4.69, 9.17) is 0 Å². The van der Waals surface area contributed by atoms with Crippen molar-refractivity contribution >= 4 is 28.6 Å². The average Bonchev–Trinajstić information content (AvgIpc) is 3.36. The number of rotatable bonds is 7. The smallest absolute Gasteiger partial charge is 0.233 e. The number of hydrogen-bond acceptors (Lipinski definition) is 4. The Balaban J connectivity index is 1.81. The van der Waals surface area contributed by atoms with Crippen LogP contribution in [0.3, 0.4) is 0 Å². The van der Waals surface area contributed by atoms with Crippen molar-refractivity contribution in [2.45, 2.75) is 24.3 Å². The first-order chi connectivity index (χ1) is 14.6. The highest BCUT2D eigenvalue weighted by molar-refractivity contribution is 8.00. The monoisotopic (exact) mass is 417 g/mol. The molecule has 0 unspecified atom stereocenters. The maximum absolute atomic E-state index is 12.4. The topological polar surface area (TPSA) is 75.6 Å². The average molecular weight is 418 g/mol. The molecule has 2 aromatic carbocycles. The van der Waals surface area contributed by atoms with Crippen LogP contribution in [0.2, 0.25) is 0 Å². The fourth-order valence-electron chi connectivity index (χ4n) is 3.34. The van der Waals surface area contributed by atoms with Gasteiger partial charge in [-0.05, 0) is 31.5 Å². The number of aromatic amines is 1. The molecule has 1 amide bonds. The molecule has 0 fully saturated rings. The maximum atomic E-state index is 12.4. The quantitative estimate of drug-likeness (QED) is 0.343. The van der Waals surface area contributed by atoms with Gasteiger partial charge in [-0.2, -0.15) is 0 Å². The highest BCUT2D eigenvalue weighted by atomic mass is 32.2. The lowest BCUT2D eigenvalue weighted by molar-refractivity contribution is -0.120. The van der Waals surface area contributed by atoms with E-state index in [1.807, 2.05) is 54.1 Å². The predicted octanol–water partition coefficient (Wildman–Crippen LogP) is 4.51. The second-order valence-corrected chi connectivity index (χ2v) is 8.28. The number of carbonyl (C=O) groups excluding carboxylic acids is 1. The van der Waals surface area contributed by atoms with E-state index < -0.39 is 0 Å². The van der Waals surface area contributed by atoms with Gasteiger partial charge in [-0.1, -0.05) is 54.2 Å². The van der Waals surface area contributed by atoms with Crippen LogP contribution < -0.4 is 5.32 Å². The number of benzene rings is 2. The van der Waals surface area contributed by atoms with E-state index in [0.717, 1.165) is 33.5 Å². The fourth-order valence-corrected chi connectivity index (χ4v) is 4.22. The first kappa shape index (κ1) is 20.0. The second-order valence-electron chi connectivity index (χ2n) is 6.97. The Hall–Kier alpha value is -3.32. The van der Waals surface area contributed by atoms with E-state index in [1.54, 1.807) is 6.08 Å². The van der Waals surface area contributed by atoms with Gasteiger partial charge in [0.1, 0.15) is 0 Å². The largest absolute Gasteiger partial charge is 0.360 e. The molecule has 2 N–H and O–H groups in total. The van der Waals surface area contributed by atoms with Crippen molar-refractivity contribution < 1.29 is 4.79 Å². The van der Waals surface area contributed by atoms with Gasteiger partial charge in [0, 0.05) is 29.2 Å². The summed E-state index contributed by atoms with van der Waals surface area (Å²) in [5.74, 6) is 0.677. The minimum Gasteiger partial charge on any atom is -0.360 e. The van der Waals surface area contributed by atoms with Gasteiger partial charge < -0.3 is 10.3 Å². The molecule has 0 bridgehead atoms. The molecule has 0 spiro atoms. The molecule has 1 atom stereocenters. The minimum atomic E-state index is -0.326. The Morgan fingerprint density at radius 2 is 2.00 bits per heavy atom. The van der Waals surface area contributed by atoms with E-state index in [9.17, 15) is 4.79 Å². The van der Waals surface area contributed by atoms with Crippen LogP contribution in [0.4, 0.5) is 0 Å². The number of nitrogens with zero attached hydrogens (tertiary/aromatic N) is 3. The third-order valence-electron chi connectivity index (χ3n) is 4.89. The third kappa shape index (κ3) is 3.76. The van der Waals surface area contributed by atoms with Gasteiger partial charge in [0.05, 0.1) is 10.9 Å². The molecule has 0 saturated carbocycles. The Bertz CT molecular complexity index is 1210. The van der Waals surface area contributed by atoms with E-state index in [1.165, 1.54) is 11.8 Å². The van der Waals surface area contributed by atoms with Crippen molar-refractivity contribution in [2.75, 3.05) is 6.54 Å². The van der Waals surface area contributed by atoms with E-state index in [2.05, 4.69) is 46.1 Å². The molecular weight excluding hydrogens is 394 g/mol. The van der Waals surface area contributed by atoms with Crippen LogP contribution in [0.1, 0.15) is 12.5 Å². The first-order valence-corrected chi connectivity index (χ1v) is 10.6. The van der Waals surface area contributed by atoms with E-state index >= 15 is 0 Å². The molecule has 0 radical (unpaired) electrons. The molecule has 7 heteroatoms. The number of aryl methyl sites for hydroxylation is 1. The van der Waals surface area contributed by atoms with Crippen molar-refractivity contribution in [3.63, 3.8) is 0 Å². The highest BCUT2D eigenvalue weighted by Gasteiger charge is 2.23. The predicted molar refractivity (Wildman–Crippen MR) is 122 cm³/mol. The van der Waals surface area contributed by atoms with Crippen LogP contribution >= 0.6 is 11.8 Å². The maximum Gasteiger partial charge on any atom is 0.233 e. The molecule has 30 heavy (non-hydrogen) atoms. The van der Waals surface area contributed by atoms with Crippen LogP contribution in [0, 0.1) is 6.92 Å². The summed E-state index contributed by atoms with van der Waals surface area (Å²) in [4.78, 5) is 15.7. The summed E-state index contributed by atoms with van der Waals surface area (Å²) in [6.45, 7) is 8.01. The number of nitrogens with one attached hydrogen (secondary N) is 2. The number of amides is 1. The Kier molecular flexibility index (Phi) is 5.72. The molecule has 0 aliphatic carbocycles. The first-order valence-electron chi connectivity index (χ1n) is 9.73. The fraction of sp³-hybridized carbons (Fsp3) is 0.174. The summed E-state index contributed by atoms with van der Waals surface area (Å²) in [5.41, 5.74) is 4.10. The number of H-pyrrole nitrogens is 1. The number of para-hydroxylation sites is 2. The van der Waals surface area contributed by atoms with Gasteiger partial charge in [0.2, 0.25) is 5.91 Å². The number of thioether (sulfide) groups is 1. The van der Waals surface area contributed by atoms with Crippen molar-refractivity contribution in [1.29, 1.82) is 0 Å². The third-order valence-corrected chi connectivity index (χ3v) is 5.93. The Labute approximate surface area is 179 Å². The van der Waals surface area contributed by atoms with Gasteiger partial charge >= 0.3 is 0 Å². The molecule has 0 saturated heterocycles. The lowest BCUT2D eigenvalue weighted by Crippen LogP contribution is -2.31. The zero-order chi connectivity index (χ0) is 21.1. The van der Waals surface area contributed by atoms with Crippen LogP contribution in [0.15, 0.2) is 72.5 Å². The number of aromatic nitrogens is 4. The summed E-state index contributed by atoms with van der Waals surface area (Å²) in [6, 6.07) is 16.2. The van der Waals surface area contributed by atoms with E-state index in [0.29, 0.717) is 11.7 Å². The van der Waals surface area contributed by atoms with Crippen molar-refractivity contribution in [1.82, 2.24) is 25.1 Å². The number of carbonyl (C=O) groups is 1. The van der Waals surface area contributed by atoms with Gasteiger partial charge in [0.25, 0.3) is 0 Å². The lowest BCUT2D eigenvalue weighted by Gasteiger charge is -2.15. The SMILES string of the molecule is C=CCNC(=O)[C@H](C)Sc1nnc(-c2c[nH]c3ccccc23)n1-c1ccccc1C. The van der Waals surface area contributed by atoms with Gasteiger partial charge in [-0.25, -0.2) is 0 Å². The molecule has 2 heterocycles. The zero-order valence-corrected chi connectivity index (χ0v) is 17.7. The Morgan fingerprint density at radius 1 is 1.23 bits per heavy atom. The second kappa shape index (κ2) is 8.59.